The van der Waals surface area contributed by atoms with Crippen LogP contribution in [0.1, 0.15) is 38.6 Å². The summed E-state index contributed by atoms with van der Waals surface area (Å²) in [6.45, 7) is 3.59. The molecule has 10 nitrogen and oxygen atoms in total. The van der Waals surface area contributed by atoms with Crippen molar-refractivity contribution in [3.63, 3.8) is 0 Å². The molecule has 0 radical (unpaired) electrons. The number of amides is 2. The van der Waals surface area contributed by atoms with Crippen molar-refractivity contribution in [1.29, 1.82) is 0 Å². The topological polar surface area (TPSA) is 131 Å². The average Bonchev–Trinajstić information content (AvgIpc) is 3.44. The highest BCUT2D eigenvalue weighted by Crippen LogP contribution is 2.38. The van der Waals surface area contributed by atoms with E-state index in [1.54, 1.807) is 24.0 Å². The number of halogens is 3. The summed E-state index contributed by atoms with van der Waals surface area (Å²) in [7, 11) is -4.36. The summed E-state index contributed by atoms with van der Waals surface area (Å²) in [6, 6.07) is 5.55. The zero-order valence-corrected chi connectivity index (χ0v) is 20.9. The Morgan fingerprint density at radius 1 is 1.27 bits per heavy atom. The third kappa shape index (κ3) is 4.94. The van der Waals surface area contributed by atoms with E-state index in [0.717, 1.165) is 6.07 Å². The maximum Gasteiger partial charge on any atom is 0.534 e. The number of fused-ring (bicyclic) bond motifs is 3. The van der Waals surface area contributed by atoms with E-state index in [4.69, 9.17) is 9.72 Å². The normalized spacial score (nSPS) is 20.2. The summed E-state index contributed by atoms with van der Waals surface area (Å²) in [5.41, 5.74) is -4.43. The number of ether oxygens (including phenoxy) is 1. The summed E-state index contributed by atoms with van der Waals surface area (Å²) < 4.78 is 70.3. The molecular weight excluding hydrogens is 517 g/mol. The van der Waals surface area contributed by atoms with Crippen LogP contribution < -0.4 is 9.50 Å². The average molecular weight is 543 g/mol. The van der Waals surface area contributed by atoms with E-state index in [-0.39, 0.29) is 11.9 Å². The quantitative estimate of drug-likeness (QED) is 0.254. The molecule has 0 saturated carbocycles. The molecule has 0 aliphatic carbocycles. The van der Waals surface area contributed by atoms with Crippen LogP contribution in [0.2, 0.25) is 0 Å². The number of alkyl halides is 3. The predicted molar refractivity (Wildman–Crippen MR) is 127 cm³/mol. The van der Waals surface area contributed by atoms with Gasteiger partial charge in [-0.15, -0.1) is 0 Å². The van der Waals surface area contributed by atoms with Crippen molar-refractivity contribution in [2.45, 2.75) is 56.4 Å². The van der Waals surface area contributed by atoms with Gasteiger partial charge in [0, 0.05) is 18.5 Å². The van der Waals surface area contributed by atoms with E-state index < -0.39 is 39.6 Å². The molecule has 14 heteroatoms. The molecule has 1 aliphatic rings. The van der Waals surface area contributed by atoms with Crippen molar-refractivity contribution in [3.05, 3.63) is 36.2 Å². The number of nitrogens with zero attached hydrogens (tertiary/aromatic N) is 2. The van der Waals surface area contributed by atoms with Gasteiger partial charge in [-0.1, -0.05) is 6.07 Å². The molecule has 0 spiro atoms. The Morgan fingerprint density at radius 3 is 2.65 bits per heavy atom. The van der Waals surface area contributed by atoms with E-state index >= 15 is 0 Å². The molecule has 4 atom stereocenters. The van der Waals surface area contributed by atoms with E-state index in [1.807, 2.05) is 6.92 Å². The third-order valence-corrected chi connectivity index (χ3v) is 7.52. The van der Waals surface area contributed by atoms with Gasteiger partial charge in [0.25, 0.3) is 0 Å². The lowest BCUT2D eigenvalue weighted by Crippen LogP contribution is -2.53. The van der Waals surface area contributed by atoms with Gasteiger partial charge in [0.2, 0.25) is 12.3 Å². The van der Waals surface area contributed by atoms with Crippen LogP contribution in [0, 0.1) is 0 Å². The third-order valence-electron chi connectivity index (χ3n) is 6.54. The minimum absolute atomic E-state index is 0.127. The zero-order chi connectivity index (χ0) is 27.1. The highest BCUT2D eigenvalue weighted by atomic mass is 32.2. The molecule has 2 heterocycles. The summed E-state index contributed by atoms with van der Waals surface area (Å²) in [5.74, 6) is -0.285. The first-order valence-corrected chi connectivity index (χ1v) is 12.8. The van der Waals surface area contributed by atoms with Crippen LogP contribution in [-0.2, 0) is 24.4 Å². The highest BCUT2D eigenvalue weighted by molar-refractivity contribution is 7.88. The second-order valence-electron chi connectivity index (χ2n) is 8.84. The number of likely N-dealkylation sites (tertiary alicyclic amines) is 1. The van der Waals surface area contributed by atoms with Crippen molar-refractivity contribution in [2.24, 2.45) is 0 Å². The number of aromatic amines is 1. The standard InChI is InChI=1S/C23H25F3N4O6S/c1-12-4-9-18(30(12)22(32)19(27-11-31)13(2)35-3)21-28-17-8-5-14-10-15(6-7-16(14)20(17)29-21)36-37(33,34)23(24,25)26/h5-8,10-13,18-19H,4,9H2,1-3H3,(H,27,31)(H,28,29)/t12?,13-,18?,19+/m1/s1. The second-order valence-corrected chi connectivity index (χ2v) is 10.4. The largest absolute Gasteiger partial charge is 0.534 e. The Kier molecular flexibility index (Phi) is 7.08. The summed E-state index contributed by atoms with van der Waals surface area (Å²) in [5, 5.41) is 3.50. The van der Waals surface area contributed by atoms with Gasteiger partial charge in [-0.05, 0) is 56.3 Å². The van der Waals surface area contributed by atoms with Gasteiger partial charge in [-0.2, -0.15) is 21.6 Å². The smallest absolute Gasteiger partial charge is 0.379 e. The van der Waals surface area contributed by atoms with Gasteiger partial charge in [-0.3, -0.25) is 9.59 Å². The summed E-state index contributed by atoms with van der Waals surface area (Å²) >= 11 is 0. The molecular formula is C23H25F3N4O6S. The van der Waals surface area contributed by atoms with Crippen LogP contribution in [0.3, 0.4) is 0 Å². The molecule has 200 valence electrons. The molecule has 3 aromatic rings. The van der Waals surface area contributed by atoms with Crippen LogP contribution in [0.5, 0.6) is 5.75 Å². The van der Waals surface area contributed by atoms with Gasteiger partial charge in [0.1, 0.15) is 17.6 Å². The maximum atomic E-state index is 13.4. The van der Waals surface area contributed by atoms with Crippen LogP contribution in [-0.4, -0.2) is 66.4 Å². The number of rotatable bonds is 8. The Labute approximate surface area is 210 Å². The first-order chi connectivity index (χ1) is 17.4. The number of benzene rings is 2. The molecule has 4 rings (SSSR count). The number of methoxy groups -OCH3 is 1. The number of nitrogens with one attached hydrogen (secondary N) is 2. The number of hydrogen-bond donors (Lipinski definition) is 2. The summed E-state index contributed by atoms with van der Waals surface area (Å²) in [4.78, 5) is 34.1. The fourth-order valence-electron chi connectivity index (χ4n) is 4.58. The molecule has 2 unspecified atom stereocenters. The Morgan fingerprint density at radius 2 is 2.00 bits per heavy atom. The number of imidazole rings is 1. The number of carbonyl (C=O) groups is 2. The first kappa shape index (κ1) is 26.7. The monoisotopic (exact) mass is 542 g/mol. The van der Waals surface area contributed by atoms with Crippen molar-refractivity contribution < 1.29 is 40.1 Å². The number of hydrogen-bond acceptors (Lipinski definition) is 7. The lowest BCUT2D eigenvalue weighted by molar-refractivity contribution is -0.141. The number of carbonyl (C=O) groups excluding carboxylic acids is 2. The SMILES string of the molecule is CO[C@H](C)[C@H](NC=O)C(=O)N1C(C)CCC1c1nc2c(ccc3cc(OS(=O)(=O)C(F)(F)F)ccc32)[nH]1. The van der Waals surface area contributed by atoms with Crippen molar-refractivity contribution >= 4 is 44.2 Å². The van der Waals surface area contributed by atoms with Crippen molar-refractivity contribution in [1.82, 2.24) is 20.2 Å². The molecule has 0 bridgehead atoms. The molecule has 1 aliphatic heterocycles. The number of H-pyrrole nitrogens is 1. The van der Waals surface area contributed by atoms with E-state index in [0.29, 0.717) is 46.9 Å². The molecule has 2 amide bonds. The van der Waals surface area contributed by atoms with Crippen LogP contribution in [0.25, 0.3) is 21.8 Å². The lowest BCUT2D eigenvalue weighted by Gasteiger charge is -2.32. The van der Waals surface area contributed by atoms with Gasteiger partial charge >= 0.3 is 15.6 Å². The van der Waals surface area contributed by atoms with E-state index in [2.05, 4.69) is 14.5 Å². The van der Waals surface area contributed by atoms with Gasteiger partial charge in [-0.25, -0.2) is 4.98 Å². The molecule has 37 heavy (non-hydrogen) atoms. The van der Waals surface area contributed by atoms with Gasteiger partial charge < -0.3 is 24.1 Å². The Bertz CT molecular complexity index is 1440. The fourth-order valence-corrected chi connectivity index (χ4v) is 5.04. The van der Waals surface area contributed by atoms with Crippen LogP contribution in [0.4, 0.5) is 13.2 Å². The van der Waals surface area contributed by atoms with E-state index in [1.165, 1.54) is 19.2 Å². The van der Waals surface area contributed by atoms with Crippen molar-refractivity contribution in [3.8, 4) is 5.75 Å². The molecule has 1 aromatic heterocycles. The van der Waals surface area contributed by atoms with Gasteiger partial charge in [0.05, 0.1) is 23.2 Å². The zero-order valence-electron chi connectivity index (χ0n) is 20.1. The first-order valence-electron chi connectivity index (χ1n) is 11.4. The Hall–Kier alpha value is -3.39. The molecule has 1 saturated heterocycles. The van der Waals surface area contributed by atoms with Crippen molar-refractivity contribution in [2.75, 3.05) is 7.11 Å². The van der Waals surface area contributed by atoms with Crippen LogP contribution in [0.15, 0.2) is 30.3 Å². The predicted octanol–water partition coefficient (Wildman–Crippen LogP) is 3.15. The second kappa shape index (κ2) is 9.82. The highest BCUT2D eigenvalue weighted by Gasteiger charge is 2.48. The minimum Gasteiger partial charge on any atom is -0.379 e. The Balaban J connectivity index is 1.69. The van der Waals surface area contributed by atoms with E-state index in [9.17, 15) is 31.2 Å². The fraction of sp³-hybridized carbons (Fsp3) is 0.435. The summed E-state index contributed by atoms with van der Waals surface area (Å²) in [6.07, 6.45) is 1.22. The molecule has 1 fully saturated rings. The maximum absolute atomic E-state index is 13.4. The van der Waals surface area contributed by atoms with Gasteiger partial charge in [0.15, 0.2) is 0 Å². The van der Waals surface area contributed by atoms with Crippen LogP contribution >= 0.6 is 0 Å². The lowest BCUT2D eigenvalue weighted by atomic mass is 10.1. The molecule has 2 aromatic carbocycles. The number of aromatic nitrogens is 2. The minimum atomic E-state index is -5.80. The molecule has 2 N–H and O–H groups in total.